The van der Waals surface area contributed by atoms with Gasteiger partial charge in [-0.15, -0.1) is 0 Å². The zero-order valence-electron chi connectivity index (χ0n) is 20.7. The molecule has 0 radical (unpaired) electrons. The van der Waals surface area contributed by atoms with Crippen molar-refractivity contribution in [2.45, 2.75) is 26.1 Å². The molecule has 1 saturated heterocycles. The number of para-hydroxylation sites is 1. The molecule has 4 aromatic rings. The third-order valence-electron chi connectivity index (χ3n) is 6.41. The minimum absolute atomic E-state index is 0.00953. The fourth-order valence-corrected chi connectivity index (χ4v) is 5.31. The SMILES string of the molecule is CC(=O)Nc1nc2c(Oc3cc(N4CCN(C(C)c5ccc(C(F)(F)F)cc5)CC4)ncn3)cccc2s1. The fourth-order valence-electron chi connectivity index (χ4n) is 4.38. The summed E-state index contributed by atoms with van der Waals surface area (Å²) >= 11 is 1.36. The maximum absolute atomic E-state index is 12.9. The molecular weight excluding hydrogens is 517 g/mol. The predicted molar refractivity (Wildman–Crippen MR) is 140 cm³/mol. The molecule has 0 aliphatic carbocycles. The van der Waals surface area contributed by atoms with Crippen molar-refractivity contribution in [1.82, 2.24) is 19.9 Å². The second-order valence-corrected chi connectivity index (χ2v) is 9.97. The normalized spacial score (nSPS) is 15.4. The first-order valence-corrected chi connectivity index (χ1v) is 12.8. The van der Waals surface area contributed by atoms with Crippen LogP contribution in [-0.4, -0.2) is 51.9 Å². The number of carbonyl (C=O) groups is 1. The van der Waals surface area contributed by atoms with Gasteiger partial charge in [0.05, 0.1) is 10.3 Å². The van der Waals surface area contributed by atoms with E-state index >= 15 is 0 Å². The molecule has 2 aromatic carbocycles. The molecule has 12 heteroatoms. The lowest BCUT2D eigenvalue weighted by atomic mass is 10.0. The van der Waals surface area contributed by atoms with Crippen LogP contribution in [0.25, 0.3) is 10.2 Å². The Kier molecular flexibility index (Phi) is 7.17. The highest BCUT2D eigenvalue weighted by Crippen LogP contribution is 2.35. The molecule has 198 valence electrons. The van der Waals surface area contributed by atoms with Crippen molar-refractivity contribution < 1.29 is 22.7 Å². The lowest BCUT2D eigenvalue weighted by Crippen LogP contribution is -2.47. The minimum Gasteiger partial charge on any atom is -0.437 e. The van der Waals surface area contributed by atoms with Crippen LogP contribution in [0.4, 0.5) is 24.1 Å². The van der Waals surface area contributed by atoms with Gasteiger partial charge >= 0.3 is 6.18 Å². The summed E-state index contributed by atoms with van der Waals surface area (Å²) in [7, 11) is 0. The monoisotopic (exact) mass is 542 g/mol. The molecule has 0 spiro atoms. The van der Waals surface area contributed by atoms with Crippen LogP contribution in [0.1, 0.15) is 31.0 Å². The van der Waals surface area contributed by atoms with Crippen molar-refractivity contribution in [3.8, 4) is 11.6 Å². The van der Waals surface area contributed by atoms with E-state index in [9.17, 15) is 18.0 Å². The van der Waals surface area contributed by atoms with Crippen molar-refractivity contribution in [2.75, 3.05) is 36.4 Å². The average Bonchev–Trinajstić information content (AvgIpc) is 3.31. The van der Waals surface area contributed by atoms with E-state index in [1.807, 2.05) is 19.1 Å². The Morgan fingerprint density at radius 3 is 2.50 bits per heavy atom. The average molecular weight is 543 g/mol. The first-order valence-electron chi connectivity index (χ1n) is 12.0. The minimum atomic E-state index is -4.34. The Morgan fingerprint density at radius 1 is 1.08 bits per heavy atom. The van der Waals surface area contributed by atoms with Gasteiger partial charge in [0.1, 0.15) is 17.7 Å². The van der Waals surface area contributed by atoms with Gasteiger partial charge in [-0.05, 0) is 36.8 Å². The number of fused-ring (bicyclic) bond motifs is 1. The van der Waals surface area contributed by atoms with Crippen LogP contribution in [0, 0.1) is 0 Å². The number of anilines is 2. The van der Waals surface area contributed by atoms with Gasteiger partial charge in [0.25, 0.3) is 0 Å². The first kappa shape index (κ1) is 25.9. The summed E-state index contributed by atoms with van der Waals surface area (Å²) in [5, 5.41) is 3.19. The van der Waals surface area contributed by atoms with Crippen molar-refractivity contribution in [1.29, 1.82) is 0 Å². The number of amides is 1. The lowest BCUT2D eigenvalue weighted by molar-refractivity contribution is -0.137. The molecule has 1 amide bonds. The van der Waals surface area contributed by atoms with E-state index in [4.69, 9.17) is 4.74 Å². The Labute approximate surface area is 221 Å². The largest absolute Gasteiger partial charge is 0.437 e. The Hall–Kier alpha value is -3.77. The van der Waals surface area contributed by atoms with Crippen LogP contribution in [0.2, 0.25) is 0 Å². The van der Waals surface area contributed by atoms with Gasteiger partial charge in [-0.2, -0.15) is 13.2 Å². The molecule has 2 aromatic heterocycles. The van der Waals surface area contributed by atoms with Gasteiger partial charge in [0.15, 0.2) is 10.9 Å². The lowest BCUT2D eigenvalue weighted by Gasteiger charge is -2.38. The molecule has 1 aliphatic heterocycles. The summed E-state index contributed by atoms with van der Waals surface area (Å²) in [6.07, 6.45) is -2.89. The second kappa shape index (κ2) is 10.5. The highest BCUT2D eigenvalue weighted by atomic mass is 32.1. The molecule has 5 rings (SSSR count). The number of rotatable bonds is 6. The van der Waals surface area contributed by atoms with Crippen LogP contribution < -0.4 is 15.0 Å². The summed E-state index contributed by atoms with van der Waals surface area (Å²) in [6.45, 7) is 6.29. The smallest absolute Gasteiger partial charge is 0.416 e. The molecule has 8 nitrogen and oxygen atoms in total. The molecule has 1 fully saturated rings. The molecule has 0 saturated carbocycles. The third kappa shape index (κ3) is 5.70. The molecule has 1 N–H and O–H groups in total. The number of aromatic nitrogens is 3. The number of ether oxygens (including phenoxy) is 1. The van der Waals surface area contributed by atoms with Gasteiger partial charge in [-0.1, -0.05) is 29.5 Å². The van der Waals surface area contributed by atoms with E-state index in [2.05, 4.69) is 30.1 Å². The number of thiazole rings is 1. The van der Waals surface area contributed by atoms with Crippen molar-refractivity contribution in [2.24, 2.45) is 0 Å². The number of piperazine rings is 1. The van der Waals surface area contributed by atoms with Gasteiger partial charge < -0.3 is 15.0 Å². The number of alkyl halides is 3. The van der Waals surface area contributed by atoms with E-state index < -0.39 is 11.7 Å². The Bertz CT molecular complexity index is 1440. The molecule has 1 atom stereocenters. The number of nitrogens with zero attached hydrogens (tertiary/aromatic N) is 5. The summed E-state index contributed by atoms with van der Waals surface area (Å²) in [5.41, 5.74) is 0.841. The molecule has 1 aliphatic rings. The maximum Gasteiger partial charge on any atom is 0.416 e. The van der Waals surface area contributed by atoms with Gasteiger partial charge in [0, 0.05) is 45.2 Å². The van der Waals surface area contributed by atoms with Gasteiger partial charge in [0.2, 0.25) is 11.8 Å². The molecule has 0 bridgehead atoms. The third-order valence-corrected chi connectivity index (χ3v) is 7.35. The number of hydrogen-bond acceptors (Lipinski definition) is 8. The van der Waals surface area contributed by atoms with Gasteiger partial charge in [-0.3, -0.25) is 9.69 Å². The van der Waals surface area contributed by atoms with Crippen LogP contribution in [0.15, 0.2) is 54.9 Å². The van der Waals surface area contributed by atoms with E-state index in [-0.39, 0.29) is 11.9 Å². The quantitative estimate of drug-likeness (QED) is 0.333. The van der Waals surface area contributed by atoms with Gasteiger partial charge in [-0.25, -0.2) is 15.0 Å². The number of nitrogens with one attached hydrogen (secondary N) is 1. The van der Waals surface area contributed by atoms with Crippen molar-refractivity contribution in [3.05, 3.63) is 66.0 Å². The Balaban J connectivity index is 1.24. The first-order chi connectivity index (χ1) is 18.2. The standard InChI is InChI=1S/C26H25F3N6O2S/c1-16(18-6-8-19(9-7-18)26(27,28)29)34-10-12-35(13-11-34)22-14-23(31-15-30-22)37-20-4-3-5-21-24(20)33-25(38-21)32-17(2)36/h3-9,14-16H,10-13H2,1-2H3,(H,32,33,36). The molecular formula is C26H25F3N6O2S. The van der Waals surface area contributed by atoms with Crippen LogP contribution in [0.5, 0.6) is 11.6 Å². The summed E-state index contributed by atoms with van der Waals surface area (Å²) < 4.78 is 45.6. The zero-order valence-corrected chi connectivity index (χ0v) is 21.5. The predicted octanol–water partition coefficient (Wildman–Crippen LogP) is 5.74. The van der Waals surface area contributed by atoms with E-state index in [0.717, 1.165) is 41.3 Å². The number of hydrogen-bond donors (Lipinski definition) is 1. The summed E-state index contributed by atoms with van der Waals surface area (Å²) in [6, 6.07) is 12.7. The van der Waals surface area contributed by atoms with E-state index in [0.29, 0.717) is 35.4 Å². The van der Waals surface area contributed by atoms with Crippen LogP contribution in [0.3, 0.4) is 0 Å². The highest BCUT2D eigenvalue weighted by molar-refractivity contribution is 7.22. The van der Waals surface area contributed by atoms with E-state index in [1.165, 1.54) is 24.6 Å². The Morgan fingerprint density at radius 2 is 1.82 bits per heavy atom. The fraction of sp³-hybridized carbons (Fsp3) is 0.308. The number of benzene rings is 2. The highest BCUT2D eigenvalue weighted by Gasteiger charge is 2.30. The van der Waals surface area contributed by atoms with Crippen molar-refractivity contribution >= 4 is 38.4 Å². The summed E-state index contributed by atoms with van der Waals surface area (Å²) in [5.74, 6) is 1.43. The summed E-state index contributed by atoms with van der Waals surface area (Å²) in [4.78, 5) is 28.9. The molecule has 1 unspecified atom stereocenters. The molecule has 38 heavy (non-hydrogen) atoms. The second-order valence-electron chi connectivity index (χ2n) is 8.94. The number of halogens is 3. The zero-order chi connectivity index (χ0) is 26.9. The molecule has 3 heterocycles. The van der Waals surface area contributed by atoms with Crippen LogP contribution in [-0.2, 0) is 11.0 Å². The van der Waals surface area contributed by atoms with E-state index in [1.54, 1.807) is 24.3 Å². The maximum atomic E-state index is 12.9. The van der Waals surface area contributed by atoms with Crippen LogP contribution >= 0.6 is 11.3 Å². The van der Waals surface area contributed by atoms with Crippen molar-refractivity contribution in [3.63, 3.8) is 0 Å². The topological polar surface area (TPSA) is 83.5 Å². The number of carbonyl (C=O) groups excluding carboxylic acids is 1.